The number of hydroxylamine groups is 1. The number of carbonyl (C=O) groups excluding carboxylic acids is 2. The van der Waals surface area contributed by atoms with E-state index in [1.54, 1.807) is 6.92 Å². The van der Waals surface area contributed by atoms with Gasteiger partial charge in [-0.1, -0.05) is 0 Å². The summed E-state index contributed by atoms with van der Waals surface area (Å²) < 4.78 is 4.85. The van der Waals surface area contributed by atoms with Gasteiger partial charge in [-0.3, -0.25) is 4.84 Å². The lowest BCUT2D eigenvalue weighted by Crippen LogP contribution is -2.53. The van der Waals surface area contributed by atoms with E-state index in [4.69, 9.17) is 9.84 Å². The standard InChI is InChI=1S/C10H17N3O6/c1-2-18-10(17)13-5-3-12(4-6-13)9(16)11-19-7-8(14)15/h2-7H2,1H3,(H,11,16)(H,14,15). The molecular formula is C10H17N3O6. The van der Waals surface area contributed by atoms with Crippen molar-refractivity contribution in [1.82, 2.24) is 15.3 Å². The van der Waals surface area contributed by atoms with E-state index in [0.29, 0.717) is 32.8 Å². The number of nitrogens with one attached hydrogen (secondary N) is 1. The number of rotatable bonds is 4. The van der Waals surface area contributed by atoms with Gasteiger partial charge in [-0.2, -0.15) is 0 Å². The van der Waals surface area contributed by atoms with Gasteiger partial charge in [0.1, 0.15) is 0 Å². The van der Waals surface area contributed by atoms with E-state index in [1.807, 2.05) is 5.48 Å². The van der Waals surface area contributed by atoms with Crippen LogP contribution in [0, 0.1) is 0 Å². The summed E-state index contributed by atoms with van der Waals surface area (Å²) in [7, 11) is 0. The van der Waals surface area contributed by atoms with Crippen LogP contribution in [0.3, 0.4) is 0 Å². The number of ether oxygens (including phenoxy) is 1. The predicted octanol–water partition coefficient (Wildman–Crippen LogP) is -0.514. The van der Waals surface area contributed by atoms with Gasteiger partial charge in [0.25, 0.3) is 0 Å². The molecule has 0 spiro atoms. The molecule has 0 aliphatic carbocycles. The molecule has 0 saturated carbocycles. The van der Waals surface area contributed by atoms with Crippen LogP contribution in [0.2, 0.25) is 0 Å². The Labute approximate surface area is 110 Å². The zero-order valence-corrected chi connectivity index (χ0v) is 10.6. The second-order valence-corrected chi connectivity index (χ2v) is 3.76. The number of aliphatic carboxylic acids is 1. The van der Waals surface area contributed by atoms with Crippen molar-refractivity contribution in [2.75, 3.05) is 39.4 Å². The van der Waals surface area contributed by atoms with Crippen LogP contribution in [0.25, 0.3) is 0 Å². The van der Waals surface area contributed by atoms with Gasteiger partial charge in [0.15, 0.2) is 6.61 Å². The van der Waals surface area contributed by atoms with Crippen molar-refractivity contribution in [3.63, 3.8) is 0 Å². The highest BCUT2D eigenvalue weighted by Gasteiger charge is 2.24. The molecule has 19 heavy (non-hydrogen) atoms. The lowest BCUT2D eigenvalue weighted by molar-refractivity contribution is -0.144. The number of amides is 3. The molecule has 1 rings (SSSR count). The minimum atomic E-state index is -1.17. The van der Waals surface area contributed by atoms with E-state index in [1.165, 1.54) is 9.80 Å². The second kappa shape index (κ2) is 7.41. The third-order valence-electron chi connectivity index (χ3n) is 2.45. The van der Waals surface area contributed by atoms with Crippen LogP contribution in [-0.2, 0) is 14.4 Å². The molecule has 108 valence electrons. The number of carboxylic acids is 1. The molecule has 0 aromatic heterocycles. The zero-order valence-electron chi connectivity index (χ0n) is 10.6. The van der Waals surface area contributed by atoms with Crippen molar-refractivity contribution in [3.05, 3.63) is 0 Å². The van der Waals surface area contributed by atoms with Crippen molar-refractivity contribution in [2.24, 2.45) is 0 Å². The minimum absolute atomic E-state index is 0.308. The summed E-state index contributed by atoms with van der Waals surface area (Å²) in [6, 6.07) is -0.523. The summed E-state index contributed by atoms with van der Waals surface area (Å²) in [5.41, 5.74) is 2.02. The minimum Gasteiger partial charge on any atom is -0.479 e. The maximum absolute atomic E-state index is 11.5. The largest absolute Gasteiger partial charge is 0.479 e. The molecule has 9 nitrogen and oxygen atoms in total. The Kier molecular flexibility index (Phi) is 5.86. The molecule has 1 heterocycles. The summed E-state index contributed by atoms with van der Waals surface area (Å²) in [4.78, 5) is 40.6. The molecular weight excluding hydrogens is 258 g/mol. The van der Waals surface area contributed by atoms with Crippen molar-refractivity contribution < 1.29 is 29.1 Å². The lowest BCUT2D eigenvalue weighted by atomic mass is 10.3. The fourth-order valence-electron chi connectivity index (χ4n) is 1.53. The molecule has 1 aliphatic rings. The normalized spacial score (nSPS) is 15.0. The van der Waals surface area contributed by atoms with Crippen LogP contribution >= 0.6 is 0 Å². The molecule has 0 atom stereocenters. The molecule has 1 aliphatic heterocycles. The van der Waals surface area contributed by atoms with Gasteiger partial charge in [0, 0.05) is 26.2 Å². The first-order valence-electron chi connectivity index (χ1n) is 5.84. The molecule has 0 unspecified atom stereocenters. The van der Waals surface area contributed by atoms with Gasteiger partial charge in [0.05, 0.1) is 6.61 Å². The molecule has 1 fully saturated rings. The Balaban J connectivity index is 2.27. The fraction of sp³-hybridized carbons (Fsp3) is 0.700. The first kappa shape index (κ1) is 15.0. The Hall–Kier alpha value is -2.03. The van der Waals surface area contributed by atoms with Crippen LogP contribution in [0.4, 0.5) is 9.59 Å². The van der Waals surface area contributed by atoms with Crippen molar-refractivity contribution in [3.8, 4) is 0 Å². The van der Waals surface area contributed by atoms with Crippen molar-refractivity contribution in [2.45, 2.75) is 6.92 Å². The van der Waals surface area contributed by atoms with Crippen molar-refractivity contribution in [1.29, 1.82) is 0 Å². The highest BCUT2D eigenvalue weighted by Crippen LogP contribution is 2.04. The first-order valence-corrected chi connectivity index (χ1v) is 5.84. The smallest absolute Gasteiger partial charge is 0.409 e. The maximum Gasteiger partial charge on any atom is 0.409 e. The number of urea groups is 1. The Bertz CT molecular complexity index is 340. The van der Waals surface area contributed by atoms with E-state index in [-0.39, 0.29) is 0 Å². The fourth-order valence-corrected chi connectivity index (χ4v) is 1.53. The molecule has 3 amide bonds. The SMILES string of the molecule is CCOC(=O)N1CCN(C(=O)NOCC(=O)O)CC1. The Morgan fingerprint density at radius 1 is 1.16 bits per heavy atom. The summed E-state index contributed by atoms with van der Waals surface area (Å²) in [6.45, 7) is 2.83. The number of hydrogen-bond donors (Lipinski definition) is 2. The highest BCUT2D eigenvalue weighted by atomic mass is 16.7. The maximum atomic E-state index is 11.5. The number of carboxylic acid groups (broad SMARTS) is 1. The first-order chi connectivity index (χ1) is 9.04. The zero-order chi connectivity index (χ0) is 14.3. The van der Waals surface area contributed by atoms with Crippen molar-refractivity contribution >= 4 is 18.1 Å². The highest BCUT2D eigenvalue weighted by molar-refractivity contribution is 5.74. The second-order valence-electron chi connectivity index (χ2n) is 3.76. The molecule has 2 N–H and O–H groups in total. The van der Waals surface area contributed by atoms with Crippen LogP contribution in [0.15, 0.2) is 0 Å². The quantitative estimate of drug-likeness (QED) is 0.669. The summed E-state index contributed by atoms with van der Waals surface area (Å²) >= 11 is 0. The monoisotopic (exact) mass is 275 g/mol. The molecule has 0 aromatic rings. The summed E-state index contributed by atoms with van der Waals surface area (Å²) in [6.07, 6.45) is -0.398. The Morgan fingerprint density at radius 3 is 2.26 bits per heavy atom. The van der Waals surface area contributed by atoms with E-state index >= 15 is 0 Å². The van der Waals surface area contributed by atoms with E-state index in [2.05, 4.69) is 4.84 Å². The summed E-state index contributed by atoms with van der Waals surface area (Å²) in [5.74, 6) is -1.17. The third kappa shape index (κ3) is 5.00. The average molecular weight is 275 g/mol. The number of nitrogens with zero attached hydrogens (tertiary/aromatic N) is 2. The summed E-state index contributed by atoms with van der Waals surface area (Å²) in [5, 5.41) is 8.34. The van der Waals surface area contributed by atoms with E-state index in [9.17, 15) is 14.4 Å². The molecule has 1 saturated heterocycles. The predicted molar refractivity (Wildman–Crippen MR) is 62.3 cm³/mol. The number of hydrogen-bond acceptors (Lipinski definition) is 5. The van der Waals surface area contributed by atoms with E-state index in [0.717, 1.165) is 0 Å². The number of carbonyl (C=O) groups is 3. The third-order valence-corrected chi connectivity index (χ3v) is 2.45. The van der Waals surface area contributed by atoms with Gasteiger partial charge in [-0.25, -0.2) is 19.9 Å². The van der Waals surface area contributed by atoms with Crippen LogP contribution in [-0.4, -0.2) is 72.4 Å². The van der Waals surface area contributed by atoms with Gasteiger partial charge < -0.3 is 19.6 Å². The molecule has 0 radical (unpaired) electrons. The molecule has 9 heteroatoms. The topological polar surface area (TPSA) is 108 Å². The van der Waals surface area contributed by atoms with Crippen LogP contribution in [0.1, 0.15) is 6.92 Å². The Morgan fingerprint density at radius 2 is 1.74 bits per heavy atom. The van der Waals surface area contributed by atoms with Crippen LogP contribution in [0.5, 0.6) is 0 Å². The van der Waals surface area contributed by atoms with Gasteiger partial charge in [0.2, 0.25) is 0 Å². The average Bonchev–Trinajstić information content (AvgIpc) is 2.38. The van der Waals surface area contributed by atoms with Gasteiger partial charge in [-0.05, 0) is 6.92 Å². The molecule has 0 bridgehead atoms. The van der Waals surface area contributed by atoms with E-state index < -0.39 is 24.7 Å². The lowest BCUT2D eigenvalue weighted by Gasteiger charge is -2.33. The molecule has 0 aromatic carbocycles. The van der Waals surface area contributed by atoms with Gasteiger partial charge in [-0.15, -0.1) is 0 Å². The van der Waals surface area contributed by atoms with Crippen LogP contribution < -0.4 is 5.48 Å². The number of piperazine rings is 1. The van der Waals surface area contributed by atoms with Gasteiger partial charge >= 0.3 is 18.1 Å².